The van der Waals surface area contributed by atoms with E-state index in [2.05, 4.69) is 5.32 Å². The highest BCUT2D eigenvalue weighted by Crippen LogP contribution is 2.14. The van der Waals surface area contributed by atoms with E-state index in [0.717, 1.165) is 0 Å². The van der Waals surface area contributed by atoms with E-state index < -0.39 is 6.43 Å². The Morgan fingerprint density at radius 1 is 1.54 bits per heavy atom. The smallest absolute Gasteiger partial charge is 0.251 e. The van der Waals surface area contributed by atoms with Crippen molar-refractivity contribution < 1.29 is 13.5 Å². The van der Waals surface area contributed by atoms with Crippen molar-refractivity contribution in [3.8, 4) is 0 Å². The molecule has 1 saturated heterocycles. The van der Waals surface area contributed by atoms with Crippen LogP contribution in [0.1, 0.15) is 6.92 Å². The van der Waals surface area contributed by atoms with Crippen molar-refractivity contribution in [1.82, 2.24) is 10.2 Å². The molecular formula is C8H16F2N2O. The summed E-state index contributed by atoms with van der Waals surface area (Å²) in [6, 6.07) is 0. The molecule has 0 saturated carbocycles. The second kappa shape index (κ2) is 4.83. The standard InChI is InChI=1S/C8H16F2N2O/c1-6(11-2)13-7-3-12(4-7)5-8(9)10/h6-8,11H,3-5H2,1-2H3. The number of nitrogens with zero attached hydrogens (tertiary/aromatic N) is 1. The molecule has 0 amide bonds. The van der Waals surface area contributed by atoms with E-state index in [1.165, 1.54) is 0 Å². The quantitative estimate of drug-likeness (QED) is 0.646. The van der Waals surface area contributed by atoms with Crippen LogP contribution in [0, 0.1) is 0 Å². The van der Waals surface area contributed by atoms with E-state index in [9.17, 15) is 8.78 Å². The number of halogens is 2. The summed E-state index contributed by atoms with van der Waals surface area (Å²) in [5.74, 6) is 0. The van der Waals surface area contributed by atoms with E-state index in [0.29, 0.717) is 13.1 Å². The lowest BCUT2D eigenvalue weighted by molar-refractivity contribution is -0.104. The fraction of sp³-hybridized carbons (Fsp3) is 1.00. The molecule has 0 bridgehead atoms. The van der Waals surface area contributed by atoms with Crippen LogP contribution in [-0.4, -0.2) is 50.3 Å². The van der Waals surface area contributed by atoms with E-state index in [1.807, 2.05) is 6.92 Å². The van der Waals surface area contributed by atoms with Crippen LogP contribution in [0.15, 0.2) is 0 Å². The zero-order valence-electron chi connectivity index (χ0n) is 7.96. The Bertz CT molecular complexity index is 151. The molecule has 0 aromatic rings. The Hall–Kier alpha value is -0.260. The molecular weight excluding hydrogens is 178 g/mol. The summed E-state index contributed by atoms with van der Waals surface area (Å²) in [5, 5.41) is 2.93. The monoisotopic (exact) mass is 194 g/mol. The number of nitrogens with one attached hydrogen (secondary N) is 1. The van der Waals surface area contributed by atoms with Gasteiger partial charge in [-0.25, -0.2) is 8.78 Å². The number of ether oxygens (including phenoxy) is 1. The lowest BCUT2D eigenvalue weighted by atomic mass is 10.2. The lowest BCUT2D eigenvalue weighted by Crippen LogP contribution is -2.55. The first-order valence-corrected chi connectivity index (χ1v) is 4.45. The average molecular weight is 194 g/mol. The zero-order chi connectivity index (χ0) is 9.84. The van der Waals surface area contributed by atoms with Crippen molar-refractivity contribution in [2.24, 2.45) is 0 Å². The number of alkyl halides is 2. The van der Waals surface area contributed by atoms with Gasteiger partial charge >= 0.3 is 0 Å². The molecule has 0 aliphatic carbocycles. The molecule has 1 atom stereocenters. The Morgan fingerprint density at radius 2 is 2.15 bits per heavy atom. The van der Waals surface area contributed by atoms with Crippen molar-refractivity contribution in [3.63, 3.8) is 0 Å². The molecule has 1 aliphatic heterocycles. The second-order valence-corrected chi connectivity index (χ2v) is 3.30. The van der Waals surface area contributed by atoms with E-state index in [1.54, 1.807) is 11.9 Å². The number of likely N-dealkylation sites (tertiary alicyclic amines) is 1. The molecule has 3 nitrogen and oxygen atoms in total. The van der Waals surface area contributed by atoms with Crippen LogP contribution in [0.5, 0.6) is 0 Å². The van der Waals surface area contributed by atoms with E-state index in [-0.39, 0.29) is 18.9 Å². The van der Waals surface area contributed by atoms with Crippen molar-refractivity contribution >= 4 is 0 Å². The summed E-state index contributed by atoms with van der Waals surface area (Å²) < 4.78 is 29.2. The lowest BCUT2D eigenvalue weighted by Gasteiger charge is -2.39. The predicted octanol–water partition coefficient (Wildman–Crippen LogP) is 0.518. The molecule has 0 spiro atoms. The molecule has 1 N–H and O–H groups in total. The minimum absolute atomic E-state index is 0.00120. The second-order valence-electron chi connectivity index (χ2n) is 3.30. The first-order valence-electron chi connectivity index (χ1n) is 4.45. The first-order chi connectivity index (χ1) is 6.11. The molecule has 0 aromatic carbocycles. The summed E-state index contributed by atoms with van der Waals surface area (Å²) >= 11 is 0. The summed E-state index contributed by atoms with van der Waals surface area (Å²) in [6.45, 7) is 3.01. The Balaban J connectivity index is 2.05. The van der Waals surface area contributed by atoms with Crippen molar-refractivity contribution in [2.45, 2.75) is 25.7 Å². The number of hydrogen-bond donors (Lipinski definition) is 1. The van der Waals surface area contributed by atoms with Gasteiger partial charge in [0.15, 0.2) is 0 Å². The fourth-order valence-corrected chi connectivity index (χ4v) is 1.31. The summed E-state index contributed by atoms with van der Waals surface area (Å²) in [5.41, 5.74) is 0. The minimum Gasteiger partial charge on any atom is -0.358 e. The zero-order valence-corrected chi connectivity index (χ0v) is 7.96. The predicted molar refractivity (Wildman–Crippen MR) is 45.8 cm³/mol. The van der Waals surface area contributed by atoms with E-state index >= 15 is 0 Å². The van der Waals surface area contributed by atoms with Gasteiger partial charge in [-0.2, -0.15) is 0 Å². The van der Waals surface area contributed by atoms with Gasteiger partial charge in [-0.15, -0.1) is 0 Å². The molecule has 1 rings (SSSR count). The Kier molecular flexibility index (Phi) is 4.02. The molecule has 5 heteroatoms. The van der Waals surface area contributed by atoms with Crippen molar-refractivity contribution in [2.75, 3.05) is 26.7 Å². The van der Waals surface area contributed by atoms with Gasteiger partial charge in [0.1, 0.15) is 6.23 Å². The first kappa shape index (κ1) is 10.8. The Labute approximate surface area is 77.0 Å². The minimum atomic E-state index is -2.23. The van der Waals surface area contributed by atoms with Gasteiger partial charge in [0.25, 0.3) is 6.43 Å². The third-order valence-electron chi connectivity index (χ3n) is 2.12. The summed E-state index contributed by atoms with van der Waals surface area (Å²) in [7, 11) is 1.81. The van der Waals surface area contributed by atoms with Crippen LogP contribution in [0.4, 0.5) is 8.78 Å². The summed E-state index contributed by atoms with van der Waals surface area (Å²) in [4.78, 5) is 1.69. The van der Waals surface area contributed by atoms with Gasteiger partial charge in [0, 0.05) is 13.1 Å². The van der Waals surface area contributed by atoms with Crippen LogP contribution < -0.4 is 5.32 Å². The number of hydrogen-bond acceptors (Lipinski definition) is 3. The maximum Gasteiger partial charge on any atom is 0.251 e. The number of rotatable bonds is 5. The van der Waals surface area contributed by atoms with Gasteiger partial charge in [-0.3, -0.25) is 10.2 Å². The summed E-state index contributed by atoms with van der Waals surface area (Å²) in [6.07, 6.45) is -2.12. The molecule has 1 heterocycles. The maximum atomic E-state index is 11.9. The van der Waals surface area contributed by atoms with Gasteiger partial charge in [-0.05, 0) is 14.0 Å². The van der Waals surface area contributed by atoms with Crippen LogP contribution in [0.2, 0.25) is 0 Å². The van der Waals surface area contributed by atoms with Crippen LogP contribution in [0.25, 0.3) is 0 Å². The van der Waals surface area contributed by atoms with Crippen molar-refractivity contribution in [3.05, 3.63) is 0 Å². The molecule has 0 radical (unpaired) electrons. The third kappa shape index (κ3) is 3.54. The fourth-order valence-electron chi connectivity index (χ4n) is 1.31. The topological polar surface area (TPSA) is 24.5 Å². The molecule has 13 heavy (non-hydrogen) atoms. The van der Waals surface area contributed by atoms with Crippen LogP contribution in [0.3, 0.4) is 0 Å². The van der Waals surface area contributed by atoms with Crippen LogP contribution >= 0.6 is 0 Å². The largest absolute Gasteiger partial charge is 0.358 e. The molecule has 1 unspecified atom stereocenters. The van der Waals surface area contributed by atoms with Crippen LogP contribution in [-0.2, 0) is 4.74 Å². The van der Waals surface area contributed by atoms with E-state index in [4.69, 9.17) is 4.74 Å². The van der Waals surface area contributed by atoms with Gasteiger partial charge in [0.2, 0.25) is 0 Å². The van der Waals surface area contributed by atoms with Gasteiger partial charge in [-0.1, -0.05) is 0 Å². The maximum absolute atomic E-state index is 11.9. The normalized spacial score (nSPS) is 21.9. The SMILES string of the molecule is CNC(C)OC1CN(CC(F)F)C1. The average Bonchev–Trinajstić information content (AvgIpc) is 1.99. The highest BCUT2D eigenvalue weighted by atomic mass is 19.3. The highest BCUT2D eigenvalue weighted by Gasteiger charge is 2.30. The third-order valence-corrected chi connectivity index (χ3v) is 2.12. The molecule has 1 aliphatic rings. The van der Waals surface area contributed by atoms with Crippen molar-refractivity contribution in [1.29, 1.82) is 0 Å². The highest BCUT2D eigenvalue weighted by molar-refractivity contribution is 4.81. The molecule has 78 valence electrons. The Morgan fingerprint density at radius 3 is 2.62 bits per heavy atom. The van der Waals surface area contributed by atoms with Gasteiger partial charge in [0.05, 0.1) is 12.6 Å². The molecule has 1 fully saturated rings. The van der Waals surface area contributed by atoms with Gasteiger partial charge < -0.3 is 4.74 Å². The molecule has 0 aromatic heterocycles.